The maximum absolute atomic E-state index is 12.8. The van der Waals surface area contributed by atoms with Gasteiger partial charge in [0.2, 0.25) is 5.91 Å². The molecule has 9 heteroatoms. The van der Waals surface area contributed by atoms with Gasteiger partial charge in [-0.3, -0.25) is 14.6 Å². The lowest BCUT2D eigenvalue weighted by Gasteiger charge is -2.50. The predicted molar refractivity (Wildman–Crippen MR) is 133 cm³/mol. The maximum atomic E-state index is 12.8. The number of carbonyl (C=O) groups is 1. The van der Waals surface area contributed by atoms with Gasteiger partial charge in [-0.15, -0.1) is 0 Å². The average molecular weight is 494 g/mol. The fraction of sp³-hybridized carbons (Fsp3) is 0.583. The summed E-state index contributed by atoms with van der Waals surface area (Å²) in [6.07, 6.45) is 5.64. The molecule has 2 N–H and O–H groups in total. The lowest BCUT2D eigenvalue weighted by molar-refractivity contribution is -0.122. The molecule has 2 aromatic rings. The van der Waals surface area contributed by atoms with E-state index in [9.17, 15) is 9.59 Å². The Morgan fingerprint density at radius 3 is 2.64 bits per heavy atom. The number of rotatable bonds is 6. The highest BCUT2D eigenvalue weighted by atomic mass is 35.5. The maximum Gasteiger partial charge on any atom is 0.288 e. The molecule has 1 saturated carbocycles. The van der Waals surface area contributed by atoms with Gasteiger partial charge in [0.1, 0.15) is 11.6 Å². The minimum absolute atomic E-state index is 0.0420. The zero-order valence-electron chi connectivity index (χ0n) is 20.0. The van der Waals surface area contributed by atoms with Crippen LogP contribution in [0.2, 0.25) is 10.0 Å². The molecule has 1 amide bonds. The van der Waals surface area contributed by atoms with Crippen molar-refractivity contribution < 1.29 is 4.79 Å². The van der Waals surface area contributed by atoms with E-state index in [4.69, 9.17) is 23.2 Å². The van der Waals surface area contributed by atoms with Gasteiger partial charge in [-0.25, -0.2) is 4.68 Å². The van der Waals surface area contributed by atoms with Crippen molar-refractivity contribution in [3.05, 3.63) is 50.6 Å². The number of aromatic nitrogens is 3. The summed E-state index contributed by atoms with van der Waals surface area (Å²) in [6, 6.07) is 1.58. The Bertz CT molecular complexity index is 1070. The van der Waals surface area contributed by atoms with E-state index in [0.717, 1.165) is 16.7 Å². The molecular weight excluding hydrogens is 461 g/mol. The summed E-state index contributed by atoms with van der Waals surface area (Å²) in [4.78, 5) is 29.3. The Kier molecular flexibility index (Phi) is 7.74. The van der Waals surface area contributed by atoms with E-state index < -0.39 is 5.56 Å². The van der Waals surface area contributed by atoms with E-state index in [1.807, 2.05) is 6.92 Å². The lowest BCUT2D eigenvalue weighted by atomic mass is 9.58. The number of anilines is 1. The number of nitrogens with zero attached hydrogens (tertiary/aromatic N) is 3. The largest absolute Gasteiger partial charge is 0.379 e. The topological polar surface area (TPSA) is 88.9 Å². The van der Waals surface area contributed by atoms with Gasteiger partial charge in [0.05, 0.1) is 22.9 Å². The standard InChI is InChI=1S/C24H33Cl2N5O2/c1-13-9-19(14(2)15(3)24(13,5)6)30-20-11-28-31(23(33)22(20)26)12-21(32)29-16(4)17-7-8-27-10-18(17)25/h7-8,10-11,13-16,19,30H,9,12H2,1-6H3,(H,29,32)/t13-,14+,15+,16?,19+/m0/s1. The molecule has 2 aromatic heterocycles. The molecule has 180 valence electrons. The van der Waals surface area contributed by atoms with Crippen LogP contribution in [0.25, 0.3) is 0 Å². The molecule has 0 aliphatic heterocycles. The number of hydrogen-bond acceptors (Lipinski definition) is 5. The molecule has 1 fully saturated rings. The summed E-state index contributed by atoms with van der Waals surface area (Å²) in [5, 5.41) is 11.0. The Morgan fingerprint density at radius 1 is 1.27 bits per heavy atom. The second-order valence-corrected chi connectivity index (χ2v) is 10.7. The van der Waals surface area contributed by atoms with Crippen LogP contribution in [0, 0.1) is 23.2 Å². The van der Waals surface area contributed by atoms with Crippen LogP contribution in [0.1, 0.15) is 59.6 Å². The Hall–Kier alpha value is -2.12. The first-order valence-electron chi connectivity index (χ1n) is 11.3. The number of nitrogens with one attached hydrogen (secondary N) is 2. The molecular formula is C24H33Cl2N5O2. The van der Waals surface area contributed by atoms with Crippen LogP contribution in [0.15, 0.2) is 29.5 Å². The van der Waals surface area contributed by atoms with Gasteiger partial charge in [-0.05, 0) is 48.1 Å². The van der Waals surface area contributed by atoms with Gasteiger partial charge in [0, 0.05) is 18.4 Å². The van der Waals surface area contributed by atoms with Gasteiger partial charge >= 0.3 is 0 Å². The molecule has 0 bridgehead atoms. The molecule has 1 unspecified atom stereocenters. The third kappa shape index (κ3) is 5.35. The third-order valence-electron chi connectivity index (χ3n) is 7.74. The fourth-order valence-electron chi connectivity index (χ4n) is 4.68. The minimum Gasteiger partial charge on any atom is -0.379 e. The summed E-state index contributed by atoms with van der Waals surface area (Å²) < 4.78 is 1.07. The fourth-order valence-corrected chi connectivity index (χ4v) is 5.16. The van der Waals surface area contributed by atoms with E-state index in [0.29, 0.717) is 28.5 Å². The first-order chi connectivity index (χ1) is 15.4. The molecule has 0 aromatic carbocycles. The first kappa shape index (κ1) is 25.5. The van der Waals surface area contributed by atoms with Crippen molar-refractivity contribution in [3.8, 4) is 0 Å². The highest BCUT2D eigenvalue weighted by Gasteiger charge is 2.43. The van der Waals surface area contributed by atoms with E-state index in [-0.39, 0.29) is 35.0 Å². The van der Waals surface area contributed by atoms with Crippen molar-refractivity contribution in [2.24, 2.45) is 23.2 Å². The van der Waals surface area contributed by atoms with Crippen LogP contribution in [0.4, 0.5) is 5.69 Å². The normalized spacial score (nSPS) is 25.3. The van der Waals surface area contributed by atoms with Crippen LogP contribution in [-0.2, 0) is 11.3 Å². The predicted octanol–water partition coefficient (Wildman–Crippen LogP) is 4.94. The van der Waals surface area contributed by atoms with Crippen molar-refractivity contribution >= 4 is 34.8 Å². The number of pyridine rings is 1. The average Bonchev–Trinajstić information content (AvgIpc) is 2.76. The number of halogens is 2. The van der Waals surface area contributed by atoms with Gasteiger partial charge in [0.25, 0.3) is 5.56 Å². The lowest BCUT2D eigenvalue weighted by Crippen LogP contribution is -2.48. The minimum atomic E-state index is -0.503. The molecule has 1 aliphatic carbocycles. The summed E-state index contributed by atoms with van der Waals surface area (Å²) in [5.41, 5.74) is 0.988. The second kappa shape index (κ2) is 10.0. The van der Waals surface area contributed by atoms with Crippen molar-refractivity contribution in [2.45, 2.75) is 66.6 Å². The van der Waals surface area contributed by atoms with Gasteiger partial charge < -0.3 is 10.6 Å². The summed E-state index contributed by atoms with van der Waals surface area (Å²) in [6.45, 7) is 13.0. The number of carbonyl (C=O) groups excluding carboxylic acids is 1. The molecule has 0 saturated heterocycles. The summed E-state index contributed by atoms with van der Waals surface area (Å²) in [7, 11) is 0. The first-order valence-corrected chi connectivity index (χ1v) is 12.1. The van der Waals surface area contributed by atoms with E-state index in [1.54, 1.807) is 12.3 Å². The molecule has 0 radical (unpaired) electrons. The molecule has 1 aliphatic rings. The van der Waals surface area contributed by atoms with Crippen LogP contribution in [-0.4, -0.2) is 26.7 Å². The highest BCUT2D eigenvalue weighted by molar-refractivity contribution is 6.33. The number of hydrogen-bond donors (Lipinski definition) is 2. The Labute approximate surface area is 205 Å². The monoisotopic (exact) mass is 493 g/mol. The van der Waals surface area contributed by atoms with Gasteiger partial charge in [0.15, 0.2) is 0 Å². The van der Waals surface area contributed by atoms with Crippen molar-refractivity contribution in [1.29, 1.82) is 0 Å². The van der Waals surface area contributed by atoms with Gasteiger partial charge in [-0.1, -0.05) is 57.8 Å². The summed E-state index contributed by atoms with van der Waals surface area (Å²) >= 11 is 12.6. The smallest absolute Gasteiger partial charge is 0.288 e. The van der Waals surface area contributed by atoms with Crippen molar-refractivity contribution in [3.63, 3.8) is 0 Å². The molecule has 33 heavy (non-hydrogen) atoms. The van der Waals surface area contributed by atoms with Gasteiger partial charge in [-0.2, -0.15) is 5.10 Å². The SMILES string of the molecule is CC(NC(=O)Cn1ncc(N[C@@H]2C[C@H](C)C(C)(C)[C@H](C)[C@H]2C)c(Cl)c1=O)c1ccncc1Cl. The zero-order valence-corrected chi connectivity index (χ0v) is 21.5. The molecule has 3 rings (SSSR count). The molecule has 5 atom stereocenters. The third-order valence-corrected chi connectivity index (χ3v) is 8.42. The Morgan fingerprint density at radius 2 is 1.97 bits per heavy atom. The zero-order chi connectivity index (χ0) is 24.5. The highest BCUT2D eigenvalue weighted by Crippen LogP contribution is 2.48. The van der Waals surface area contributed by atoms with Crippen molar-refractivity contribution in [1.82, 2.24) is 20.1 Å². The summed E-state index contributed by atoms with van der Waals surface area (Å²) in [5.74, 6) is 1.06. The van der Waals surface area contributed by atoms with E-state index in [1.165, 1.54) is 12.4 Å². The molecule has 2 heterocycles. The van der Waals surface area contributed by atoms with Crippen LogP contribution < -0.4 is 16.2 Å². The van der Waals surface area contributed by atoms with Crippen LogP contribution in [0.5, 0.6) is 0 Å². The quantitative estimate of drug-likeness (QED) is 0.594. The number of amides is 1. The van der Waals surface area contributed by atoms with Crippen LogP contribution >= 0.6 is 23.2 Å². The van der Waals surface area contributed by atoms with Crippen LogP contribution in [0.3, 0.4) is 0 Å². The van der Waals surface area contributed by atoms with E-state index >= 15 is 0 Å². The van der Waals surface area contributed by atoms with Crippen molar-refractivity contribution in [2.75, 3.05) is 5.32 Å². The molecule has 7 nitrogen and oxygen atoms in total. The Balaban J connectivity index is 1.70. The van der Waals surface area contributed by atoms with E-state index in [2.05, 4.69) is 55.3 Å². The molecule has 0 spiro atoms. The second-order valence-electron chi connectivity index (χ2n) is 9.88.